The standard InChI is InChI=1S/C20H38N8O5/c1-12(22)16(29)26-13(7-4-10-25-20(23)24)17(30)27-14(6-2-3-9-21)18(31)28-11-5-8-15(28)19(32)33/h12-15H,2-11,21-22H2,1H3,(H,26,29)(H,27,30)(H,32,33)(H4,23,24,25). The first-order chi connectivity index (χ1) is 15.6. The number of likely N-dealkylation sites (tertiary alicyclic amines) is 1. The van der Waals surface area contributed by atoms with Gasteiger partial charge in [0.2, 0.25) is 17.7 Å². The summed E-state index contributed by atoms with van der Waals surface area (Å²) in [6.07, 6.45) is 3.06. The van der Waals surface area contributed by atoms with Crippen molar-refractivity contribution in [3.05, 3.63) is 0 Å². The molecule has 0 bridgehead atoms. The van der Waals surface area contributed by atoms with Crippen molar-refractivity contribution in [3.8, 4) is 0 Å². The quantitative estimate of drug-likeness (QED) is 0.0810. The maximum absolute atomic E-state index is 13.1. The molecule has 1 fully saturated rings. The Morgan fingerprint density at radius 1 is 1.06 bits per heavy atom. The van der Waals surface area contributed by atoms with E-state index in [0.717, 1.165) is 0 Å². The predicted octanol–water partition coefficient (Wildman–Crippen LogP) is -2.44. The number of hydrogen-bond donors (Lipinski definition) is 7. The molecule has 0 aliphatic carbocycles. The first kappa shape index (κ1) is 28.1. The molecule has 0 aromatic carbocycles. The van der Waals surface area contributed by atoms with E-state index in [1.165, 1.54) is 11.8 Å². The summed E-state index contributed by atoms with van der Waals surface area (Å²) in [5, 5.41) is 14.7. The third kappa shape index (κ3) is 9.61. The van der Waals surface area contributed by atoms with Gasteiger partial charge in [-0.3, -0.25) is 19.4 Å². The van der Waals surface area contributed by atoms with Crippen LogP contribution in [-0.2, 0) is 19.2 Å². The average molecular weight is 471 g/mol. The van der Waals surface area contributed by atoms with E-state index < -0.39 is 47.9 Å². The Balaban J connectivity index is 2.96. The number of carbonyl (C=O) groups is 4. The molecule has 0 spiro atoms. The van der Waals surface area contributed by atoms with E-state index >= 15 is 0 Å². The van der Waals surface area contributed by atoms with Crippen molar-refractivity contribution in [2.75, 3.05) is 19.6 Å². The second-order valence-corrected chi connectivity index (χ2v) is 8.17. The summed E-state index contributed by atoms with van der Waals surface area (Å²) in [6.45, 7) is 2.48. The summed E-state index contributed by atoms with van der Waals surface area (Å²) in [5.41, 5.74) is 21.8. The number of hydrogen-bond acceptors (Lipinski definition) is 7. The number of rotatable bonds is 14. The highest BCUT2D eigenvalue weighted by Gasteiger charge is 2.38. The summed E-state index contributed by atoms with van der Waals surface area (Å²) < 4.78 is 0. The zero-order chi connectivity index (χ0) is 25.0. The van der Waals surface area contributed by atoms with Crippen molar-refractivity contribution in [2.45, 2.75) is 76.0 Å². The Bertz CT molecular complexity index is 711. The molecule has 1 aliphatic rings. The molecule has 13 nitrogen and oxygen atoms in total. The highest BCUT2D eigenvalue weighted by Crippen LogP contribution is 2.20. The number of aliphatic imine (C=N–C) groups is 1. The van der Waals surface area contributed by atoms with E-state index in [0.29, 0.717) is 51.6 Å². The highest BCUT2D eigenvalue weighted by atomic mass is 16.4. The molecule has 1 aliphatic heterocycles. The maximum Gasteiger partial charge on any atom is 0.326 e. The van der Waals surface area contributed by atoms with Crippen LogP contribution >= 0.6 is 0 Å². The van der Waals surface area contributed by atoms with E-state index in [9.17, 15) is 24.3 Å². The van der Waals surface area contributed by atoms with E-state index in [4.69, 9.17) is 22.9 Å². The molecule has 188 valence electrons. The third-order valence-corrected chi connectivity index (χ3v) is 5.37. The minimum absolute atomic E-state index is 0.0835. The minimum atomic E-state index is -1.07. The van der Waals surface area contributed by atoms with Crippen LogP contribution in [0.3, 0.4) is 0 Å². The van der Waals surface area contributed by atoms with Crippen molar-refractivity contribution >= 4 is 29.7 Å². The molecule has 1 saturated heterocycles. The van der Waals surface area contributed by atoms with Crippen LogP contribution in [0.4, 0.5) is 0 Å². The lowest BCUT2D eigenvalue weighted by atomic mass is 10.0. The predicted molar refractivity (Wildman–Crippen MR) is 123 cm³/mol. The van der Waals surface area contributed by atoms with Gasteiger partial charge in [0.25, 0.3) is 0 Å². The lowest BCUT2D eigenvalue weighted by Gasteiger charge is -2.29. The van der Waals surface area contributed by atoms with Crippen LogP contribution in [0.5, 0.6) is 0 Å². The van der Waals surface area contributed by atoms with Crippen molar-refractivity contribution in [1.82, 2.24) is 15.5 Å². The van der Waals surface area contributed by atoms with Crippen LogP contribution in [0.25, 0.3) is 0 Å². The number of carboxylic acid groups (broad SMARTS) is 1. The van der Waals surface area contributed by atoms with E-state index in [1.807, 2.05) is 0 Å². The van der Waals surface area contributed by atoms with Gasteiger partial charge >= 0.3 is 5.97 Å². The Morgan fingerprint density at radius 2 is 1.70 bits per heavy atom. The SMILES string of the molecule is CC(N)C(=O)NC(CCCN=C(N)N)C(=O)NC(CCCCN)C(=O)N1CCCC1C(=O)O. The van der Waals surface area contributed by atoms with Gasteiger partial charge in [0.15, 0.2) is 5.96 Å². The van der Waals surface area contributed by atoms with Crippen molar-refractivity contribution in [3.63, 3.8) is 0 Å². The number of guanidine groups is 1. The molecule has 0 aromatic rings. The Morgan fingerprint density at radius 3 is 2.27 bits per heavy atom. The molecule has 13 heteroatoms. The van der Waals surface area contributed by atoms with Crippen LogP contribution in [0.15, 0.2) is 4.99 Å². The maximum atomic E-state index is 13.1. The molecule has 0 aromatic heterocycles. The molecule has 0 radical (unpaired) electrons. The number of carboxylic acids is 1. The molecular formula is C20H38N8O5. The van der Waals surface area contributed by atoms with Crippen LogP contribution in [0, 0.1) is 0 Å². The molecule has 1 heterocycles. The van der Waals surface area contributed by atoms with Gasteiger partial charge in [-0.25, -0.2) is 4.79 Å². The van der Waals surface area contributed by atoms with Crippen molar-refractivity contribution in [2.24, 2.45) is 27.9 Å². The molecule has 4 atom stereocenters. The minimum Gasteiger partial charge on any atom is -0.480 e. The summed E-state index contributed by atoms with van der Waals surface area (Å²) >= 11 is 0. The van der Waals surface area contributed by atoms with Crippen LogP contribution in [0.2, 0.25) is 0 Å². The molecule has 3 amide bonds. The monoisotopic (exact) mass is 470 g/mol. The topological polar surface area (TPSA) is 232 Å². The van der Waals surface area contributed by atoms with Gasteiger partial charge < -0.3 is 43.6 Å². The van der Waals surface area contributed by atoms with Gasteiger partial charge in [-0.15, -0.1) is 0 Å². The van der Waals surface area contributed by atoms with E-state index in [1.54, 1.807) is 0 Å². The normalized spacial score (nSPS) is 18.2. The second-order valence-electron chi connectivity index (χ2n) is 8.17. The molecule has 1 rings (SSSR count). The van der Waals surface area contributed by atoms with Gasteiger partial charge in [-0.1, -0.05) is 0 Å². The largest absolute Gasteiger partial charge is 0.480 e. The summed E-state index contributed by atoms with van der Waals surface area (Å²) in [6, 6.07) is -3.65. The molecule has 33 heavy (non-hydrogen) atoms. The Labute approximate surface area is 193 Å². The fourth-order valence-electron chi connectivity index (χ4n) is 3.59. The fourth-order valence-corrected chi connectivity index (χ4v) is 3.59. The summed E-state index contributed by atoms with van der Waals surface area (Å²) in [5.74, 6) is -2.70. The van der Waals surface area contributed by atoms with Crippen molar-refractivity contribution < 1.29 is 24.3 Å². The van der Waals surface area contributed by atoms with Crippen LogP contribution < -0.4 is 33.6 Å². The van der Waals surface area contributed by atoms with Gasteiger partial charge in [-0.2, -0.15) is 0 Å². The number of nitrogens with two attached hydrogens (primary N) is 4. The number of amides is 3. The van der Waals surface area contributed by atoms with Crippen LogP contribution in [-0.4, -0.2) is 83.5 Å². The number of nitrogens with one attached hydrogen (secondary N) is 2. The van der Waals surface area contributed by atoms with Gasteiger partial charge in [0, 0.05) is 13.1 Å². The first-order valence-electron chi connectivity index (χ1n) is 11.2. The number of nitrogens with zero attached hydrogens (tertiary/aromatic N) is 2. The molecule has 11 N–H and O–H groups in total. The Kier molecular flexibility index (Phi) is 12.1. The van der Waals surface area contributed by atoms with Crippen molar-refractivity contribution in [1.29, 1.82) is 0 Å². The van der Waals surface area contributed by atoms with E-state index in [-0.39, 0.29) is 18.9 Å². The fraction of sp³-hybridized carbons (Fsp3) is 0.750. The second kappa shape index (κ2) is 14.3. The zero-order valence-electron chi connectivity index (χ0n) is 19.2. The molecule has 0 saturated carbocycles. The van der Waals surface area contributed by atoms with E-state index in [2.05, 4.69) is 15.6 Å². The summed E-state index contributed by atoms with van der Waals surface area (Å²) in [7, 11) is 0. The first-order valence-corrected chi connectivity index (χ1v) is 11.2. The smallest absolute Gasteiger partial charge is 0.326 e. The van der Waals surface area contributed by atoms with Gasteiger partial charge in [0.05, 0.1) is 6.04 Å². The molecule has 4 unspecified atom stereocenters. The van der Waals surface area contributed by atoms with Gasteiger partial charge in [-0.05, 0) is 58.4 Å². The molecular weight excluding hydrogens is 432 g/mol. The Hall–Kier alpha value is -2.93. The average Bonchev–Trinajstić information content (AvgIpc) is 3.24. The third-order valence-electron chi connectivity index (χ3n) is 5.37. The lowest BCUT2D eigenvalue weighted by Crippen LogP contribution is -2.56. The number of aliphatic carboxylic acids is 1. The number of carbonyl (C=O) groups excluding carboxylic acids is 3. The summed E-state index contributed by atoms with van der Waals surface area (Å²) in [4.78, 5) is 55.0. The lowest BCUT2D eigenvalue weighted by molar-refractivity contribution is -0.149. The van der Waals surface area contributed by atoms with Crippen LogP contribution in [0.1, 0.15) is 51.9 Å². The number of unbranched alkanes of at least 4 members (excludes halogenated alkanes) is 1. The highest BCUT2D eigenvalue weighted by molar-refractivity contribution is 5.94. The van der Waals surface area contributed by atoms with Gasteiger partial charge in [0.1, 0.15) is 18.1 Å². The zero-order valence-corrected chi connectivity index (χ0v) is 19.2.